The molecule has 0 saturated carbocycles. The number of benzene rings is 1. The highest BCUT2D eigenvalue weighted by molar-refractivity contribution is 5.92. The molecule has 1 aliphatic heterocycles. The Morgan fingerprint density at radius 2 is 2.05 bits per heavy atom. The number of nitrogens with zero attached hydrogens (tertiary/aromatic N) is 1. The summed E-state index contributed by atoms with van der Waals surface area (Å²) < 4.78 is 10.9. The summed E-state index contributed by atoms with van der Waals surface area (Å²) in [4.78, 5) is 12.3. The Kier molecular flexibility index (Phi) is 4.24. The summed E-state index contributed by atoms with van der Waals surface area (Å²) in [7, 11) is 0. The van der Waals surface area contributed by atoms with Crippen molar-refractivity contribution < 1.29 is 14.1 Å². The molecular formula is C17H20N2O3. The van der Waals surface area contributed by atoms with E-state index in [4.69, 9.17) is 9.26 Å². The smallest absolute Gasteiger partial charge is 0.273 e. The van der Waals surface area contributed by atoms with Crippen molar-refractivity contribution in [2.75, 3.05) is 6.61 Å². The van der Waals surface area contributed by atoms with Gasteiger partial charge in [-0.25, -0.2) is 0 Å². The zero-order valence-corrected chi connectivity index (χ0v) is 12.8. The van der Waals surface area contributed by atoms with Crippen molar-refractivity contribution in [3.8, 4) is 0 Å². The van der Waals surface area contributed by atoms with Crippen molar-refractivity contribution in [3.63, 3.8) is 0 Å². The molecule has 0 bridgehead atoms. The number of amides is 1. The van der Waals surface area contributed by atoms with Gasteiger partial charge in [0.1, 0.15) is 11.9 Å². The predicted octanol–water partition coefficient (Wildman–Crippen LogP) is 2.94. The van der Waals surface area contributed by atoms with E-state index in [1.165, 1.54) is 5.56 Å². The third-order valence-electron chi connectivity index (χ3n) is 3.91. The molecule has 1 fully saturated rings. The lowest BCUT2D eigenvalue weighted by atomic mass is 9.95. The fraction of sp³-hybridized carbons (Fsp3) is 0.412. The van der Waals surface area contributed by atoms with Crippen molar-refractivity contribution in [1.82, 2.24) is 10.5 Å². The lowest BCUT2D eigenvalue weighted by Gasteiger charge is -2.32. The number of carbonyl (C=O) groups excluding carboxylic acids is 1. The molecule has 22 heavy (non-hydrogen) atoms. The van der Waals surface area contributed by atoms with Gasteiger partial charge in [0.15, 0.2) is 5.69 Å². The van der Waals surface area contributed by atoms with Crippen LogP contribution in [0.2, 0.25) is 0 Å². The molecule has 1 N–H and O–H groups in total. The number of hydrogen-bond donors (Lipinski definition) is 1. The van der Waals surface area contributed by atoms with E-state index in [2.05, 4.69) is 41.7 Å². The first-order valence-corrected chi connectivity index (χ1v) is 7.56. The van der Waals surface area contributed by atoms with Crippen LogP contribution in [0.5, 0.6) is 0 Å². The molecule has 0 radical (unpaired) electrons. The maximum absolute atomic E-state index is 12.3. The molecule has 0 aliphatic carbocycles. The maximum Gasteiger partial charge on any atom is 0.273 e. The van der Waals surface area contributed by atoms with E-state index in [-0.39, 0.29) is 18.1 Å². The van der Waals surface area contributed by atoms with E-state index in [0.717, 1.165) is 18.4 Å². The molecule has 5 heteroatoms. The highest BCUT2D eigenvalue weighted by Gasteiger charge is 2.29. The summed E-state index contributed by atoms with van der Waals surface area (Å²) in [5.74, 6) is 0.407. The molecule has 0 spiro atoms. The normalized spacial score (nSPS) is 21.5. The summed E-state index contributed by atoms with van der Waals surface area (Å²) in [5.41, 5.74) is 2.61. The fourth-order valence-electron chi connectivity index (χ4n) is 2.73. The summed E-state index contributed by atoms with van der Waals surface area (Å²) in [6.07, 6.45) is 1.71. The van der Waals surface area contributed by atoms with Crippen molar-refractivity contribution in [3.05, 3.63) is 52.9 Å². The minimum atomic E-state index is -0.218. The van der Waals surface area contributed by atoms with E-state index in [1.807, 2.05) is 0 Å². The summed E-state index contributed by atoms with van der Waals surface area (Å²) >= 11 is 0. The average molecular weight is 300 g/mol. The Morgan fingerprint density at radius 3 is 2.73 bits per heavy atom. The Morgan fingerprint density at radius 1 is 1.27 bits per heavy atom. The number of hydrogen-bond acceptors (Lipinski definition) is 4. The van der Waals surface area contributed by atoms with E-state index in [9.17, 15) is 4.79 Å². The Balaban J connectivity index is 1.75. The molecule has 1 amide bonds. The lowest BCUT2D eigenvalue weighted by Crippen LogP contribution is -2.42. The number of nitrogens with one attached hydrogen (secondary N) is 1. The van der Waals surface area contributed by atoms with Gasteiger partial charge in [-0.3, -0.25) is 4.79 Å². The molecule has 1 aromatic carbocycles. The third kappa shape index (κ3) is 3.20. The van der Waals surface area contributed by atoms with Crippen LogP contribution in [0, 0.1) is 13.8 Å². The first-order valence-electron chi connectivity index (χ1n) is 7.56. The third-order valence-corrected chi connectivity index (χ3v) is 3.91. The van der Waals surface area contributed by atoms with Crippen LogP contribution in [0.25, 0.3) is 0 Å². The molecular weight excluding hydrogens is 280 g/mol. The SMILES string of the molecule is Cc1ccc([C@@H]2OCCC[C@H]2NC(=O)c2cc(C)on2)cc1. The standard InChI is InChI=1S/C17H20N2O3/c1-11-5-7-13(8-6-11)16-14(4-3-9-21-16)18-17(20)15-10-12(2)22-19-15/h5-8,10,14,16H,3-4,9H2,1-2H3,(H,18,20)/t14-,16+/m1/s1. The average Bonchev–Trinajstić information content (AvgIpc) is 2.95. The van der Waals surface area contributed by atoms with Crippen molar-refractivity contribution in [1.29, 1.82) is 0 Å². The minimum absolute atomic E-state index is 0.0547. The van der Waals surface area contributed by atoms with Crippen LogP contribution in [-0.4, -0.2) is 23.7 Å². The van der Waals surface area contributed by atoms with Gasteiger partial charge in [0.05, 0.1) is 6.04 Å². The first kappa shape index (κ1) is 14.8. The van der Waals surface area contributed by atoms with Crippen LogP contribution in [-0.2, 0) is 4.74 Å². The van der Waals surface area contributed by atoms with Gasteiger partial charge in [-0.1, -0.05) is 35.0 Å². The van der Waals surface area contributed by atoms with Crippen molar-refractivity contribution in [2.24, 2.45) is 0 Å². The Hall–Kier alpha value is -2.14. The molecule has 2 atom stereocenters. The zero-order valence-electron chi connectivity index (χ0n) is 12.8. The largest absolute Gasteiger partial charge is 0.371 e. The van der Waals surface area contributed by atoms with Crippen LogP contribution < -0.4 is 5.32 Å². The second kappa shape index (κ2) is 6.32. The number of rotatable bonds is 3. The van der Waals surface area contributed by atoms with Gasteiger partial charge < -0.3 is 14.6 Å². The van der Waals surface area contributed by atoms with Gasteiger partial charge in [0.2, 0.25) is 0 Å². The van der Waals surface area contributed by atoms with E-state index in [1.54, 1.807) is 13.0 Å². The number of aromatic nitrogens is 1. The number of ether oxygens (including phenoxy) is 1. The molecule has 2 heterocycles. The minimum Gasteiger partial charge on any atom is -0.371 e. The zero-order chi connectivity index (χ0) is 15.5. The van der Waals surface area contributed by atoms with Crippen LogP contribution in [0.3, 0.4) is 0 Å². The van der Waals surface area contributed by atoms with Crippen molar-refractivity contribution >= 4 is 5.91 Å². The molecule has 3 rings (SSSR count). The fourth-order valence-corrected chi connectivity index (χ4v) is 2.73. The van der Waals surface area contributed by atoms with E-state index >= 15 is 0 Å². The van der Waals surface area contributed by atoms with Crippen LogP contribution in [0.1, 0.15) is 46.3 Å². The number of carbonyl (C=O) groups is 1. The highest BCUT2D eigenvalue weighted by atomic mass is 16.5. The maximum atomic E-state index is 12.3. The summed E-state index contributed by atoms with van der Waals surface area (Å²) in [6, 6.07) is 9.83. The second-order valence-electron chi connectivity index (χ2n) is 5.75. The molecule has 0 unspecified atom stereocenters. The highest BCUT2D eigenvalue weighted by Crippen LogP contribution is 2.28. The monoisotopic (exact) mass is 300 g/mol. The van der Waals surface area contributed by atoms with Crippen molar-refractivity contribution in [2.45, 2.75) is 38.8 Å². The summed E-state index contributed by atoms with van der Waals surface area (Å²) in [5, 5.41) is 6.79. The van der Waals surface area contributed by atoms with Gasteiger partial charge in [-0.2, -0.15) is 0 Å². The molecule has 116 valence electrons. The molecule has 1 saturated heterocycles. The van der Waals surface area contributed by atoms with Gasteiger partial charge in [0, 0.05) is 12.7 Å². The topological polar surface area (TPSA) is 64.4 Å². The second-order valence-corrected chi connectivity index (χ2v) is 5.75. The quantitative estimate of drug-likeness (QED) is 0.946. The van der Waals surface area contributed by atoms with Gasteiger partial charge in [0.25, 0.3) is 5.91 Å². The predicted molar refractivity (Wildman–Crippen MR) is 81.6 cm³/mol. The molecule has 2 aromatic rings. The molecule has 1 aromatic heterocycles. The number of aryl methyl sites for hydroxylation is 2. The van der Waals surface area contributed by atoms with Crippen LogP contribution in [0.15, 0.2) is 34.9 Å². The van der Waals surface area contributed by atoms with E-state index < -0.39 is 0 Å². The Labute approximate surface area is 129 Å². The van der Waals surface area contributed by atoms with Crippen LogP contribution in [0.4, 0.5) is 0 Å². The molecule has 1 aliphatic rings. The molecule has 5 nitrogen and oxygen atoms in total. The summed E-state index contributed by atoms with van der Waals surface area (Å²) in [6.45, 7) is 4.54. The Bertz CT molecular complexity index is 648. The van der Waals surface area contributed by atoms with Gasteiger partial charge in [-0.05, 0) is 32.3 Å². The van der Waals surface area contributed by atoms with Gasteiger partial charge in [-0.15, -0.1) is 0 Å². The van der Waals surface area contributed by atoms with Gasteiger partial charge >= 0.3 is 0 Å². The lowest BCUT2D eigenvalue weighted by molar-refractivity contribution is -0.00955. The van der Waals surface area contributed by atoms with Crippen LogP contribution >= 0.6 is 0 Å². The van der Waals surface area contributed by atoms with E-state index in [0.29, 0.717) is 18.1 Å². The first-order chi connectivity index (χ1) is 10.6.